The molecule has 0 bridgehead atoms. The summed E-state index contributed by atoms with van der Waals surface area (Å²) in [6.45, 7) is 10.6. The van der Waals surface area contributed by atoms with Gasteiger partial charge in [-0.1, -0.05) is 20.8 Å². The van der Waals surface area contributed by atoms with Gasteiger partial charge in [-0.05, 0) is 19.3 Å². The van der Waals surface area contributed by atoms with E-state index >= 15 is 0 Å². The minimum Gasteiger partial charge on any atom is -0.392 e. The maximum Gasteiger partial charge on any atom is 0.106 e. The average molecular weight is 351 g/mol. The highest BCUT2D eigenvalue weighted by Crippen LogP contribution is 2.08. The van der Waals surface area contributed by atoms with Gasteiger partial charge in [-0.2, -0.15) is 0 Å². The van der Waals surface area contributed by atoms with Crippen LogP contribution in [0.4, 0.5) is 0 Å². The molecule has 0 aliphatic rings. The first kappa shape index (κ1) is 23.7. The zero-order chi connectivity index (χ0) is 18.4. The van der Waals surface area contributed by atoms with Crippen LogP contribution in [-0.4, -0.2) is 79.3 Å². The largest absolute Gasteiger partial charge is 0.392 e. The van der Waals surface area contributed by atoms with Crippen molar-refractivity contribution < 1.29 is 24.8 Å². The van der Waals surface area contributed by atoms with E-state index in [9.17, 15) is 15.3 Å². The zero-order valence-electron chi connectivity index (χ0n) is 15.7. The van der Waals surface area contributed by atoms with Gasteiger partial charge in [-0.25, -0.2) is 0 Å². The maximum absolute atomic E-state index is 9.96. The topological polar surface area (TPSA) is 103 Å². The highest BCUT2D eigenvalue weighted by molar-refractivity contribution is 4.75. The van der Waals surface area contributed by atoms with Crippen LogP contribution in [0.15, 0.2) is 0 Å². The van der Waals surface area contributed by atoms with E-state index in [0.29, 0.717) is 38.6 Å². The van der Waals surface area contributed by atoms with E-state index in [1.807, 2.05) is 0 Å². The van der Waals surface area contributed by atoms with Crippen LogP contribution in [-0.2, 0) is 9.47 Å². The third-order valence-electron chi connectivity index (χ3n) is 3.58. The summed E-state index contributed by atoms with van der Waals surface area (Å²) < 4.78 is 10.7. The molecular formula is C17H38N2O5. The molecule has 0 aliphatic carbocycles. The monoisotopic (exact) mass is 350 g/mol. The molecule has 0 fully saturated rings. The second kappa shape index (κ2) is 15.0. The molecule has 0 spiro atoms. The number of hydrogen-bond donors (Lipinski definition) is 5. The third-order valence-corrected chi connectivity index (χ3v) is 3.58. The standard InChI is InChI=1S/C17H38N2O5/c1-5-6-23-7-8-24-12-15(21)11-18-16(13(2)3)9-17(22)19-10-14(4)20/h13-22H,5-12H2,1-4H3/t14?,15?,16-,17-/m1/s1. The highest BCUT2D eigenvalue weighted by Gasteiger charge is 2.19. The second-order valence-electron chi connectivity index (χ2n) is 6.61. The van der Waals surface area contributed by atoms with Gasteiger partial charge in [-0.3, -0.25) is 5.32 Å². The Balaban J connectivity index is 3.89. The van der Waals surface area contributed by atoms with Crippen LogP contribution >= 0.6 is 0 Å². The lowest BCUT2D eigenvalue weighted by Crippen LogP contribution is -2.45. The van der Waals surface area contributed by atoms with Gasteiger partial charge in [0.15, 0.2) is 0 Å². The van der Waals surface area contributed by atoms with Gasteiger partial charge >= 0.3 is 0 Å². The Morgan fingerprint density at radius 1 is 0.875 bits per heavy atom. The first-order valence-electron chi connectivity index (χ1n) is 9.03. The smallest absolute Gasteiger partial charge is 0.106 e. The minimum atomic E-state index is -0.691. The molecule has 146 valence electrons. The van der Waals surface area contributed by atoms with Gasteiger partial charge in [0, 0.05) is 32.2 Å². The first-order valence-corrected chi connectivity index (χ1v) is 9.03. The van der Waals surface area contributed by atoms with Crippen molar-refractivity contribution in [3.63, 3.8) is 0 Å². The number of nitrogens with one attached hydrogen (secondary N) is 2. The lowest BCUT2D eigenvalue weighted by Gasteiger charge is -2.27. The van der Waals surface area contributed by atoms with Gasteiger partial charge in [0.1, 0.15) is 6.23 Å². The van der Waals surface area contributed by atoms with Crippen molar-refractivity contribution in [1.82, 2.24) is 10.6 Å². The van der Waals surface area contributed by atoms with E-state index in [1.54, 1.807) is 6.92 Å². The molecule has 0 amide bonds. The molecule has 4 atom stereocenters. The molecule has 2 unspecified atom stereocenters. The molecule has 0 aliphatic heterocycles. The minimum absolute atomic E-state index is 0.0593. The van der Waals surface area contributed by atoms with E-state index in [4.69, 9.17) is 9.47 Å². The Hall–Kier alpha value is -0.280. The quantitative estimate of drug-likeness (QED) is 0.198. The Kier molecular flexibility index (Phi) is 14.8. The fourth-order valence-corrected chi connectivity index (χ4v) is 2.15. The molecule has 5 N–H and O–H groups in total. The van der Waals surface area contributed by atoms with Crippen molar-refractivity contribution in [3.05, 3.63) is 0 Å². The van der Waals surface area contributed by atoms with E-state index in [2.05, 4.69) is 31.4 Å². The predicted molar refractivity (Wildman–Crippen MR) is 94.9 cm³/mol. The Bertz CT molecular complexity index is 280. The third kappa shape index (κ3) is 14.1. The van der Waals surface area contributed by atoms with Gasteiger partial charge in [0.25, 0.3) is 0 Å². The number of ether oxygens (including phenoxy) is 2. The Morgan fingerprint density at radius 3 is 2.12 bits per heavy atom. The summed E-state index contributed by atoms with van der Waals surface area (Å²) in [6.07, 6.45) is -0.293. The molecule has 0 heterocycles. The summed E-state index contributed by atoms with van der Waals surface area (Å²) in [5.74, 6) is 0.309. The number of rotatable bonds is 16. The lowest BCUT2D eigenvalue weighted by atomic mass is 10.00. The summed E-state index contributed by atoms with van der Waals surface area (Å²) >= 11 is 0. The molecule has 0 saturated heterocycles. The molecule has 7 nitrogen and oxygen atoms in total. The van der Waals surface area contributed by atoms with Crippen LogP contribution in [0.3, 0.4) is 0 Å². The second-order valence-corrected chi connectivity index (χ2v) is 6.61. The molecule has 0 saturated carbocycles. The SMILES string of the molecule is CCCOCCOCC(O)CN[C@H](C[C@@H](O)NCC(C)O)C(C)C. The number of aliphatic hydroxyl groups is 3. The van der Waals surface area contributed by atoms with E-state index in [1.165, 1.54) is 0 Å². The fourth-order valence-electron chi connectivity index (χ4n) is 2.15. The van der Waals surface area contributed by atoms with Crippen molar-refractivity contribution in [2.45, 2.75) is 65.0 Å². The zero-order valence-corrected chi connectivity index (χ0v) is 15.7. The van der Waals surface area contributed by atoms with Crippen molar-refractivity contribution >= 4 is 0 Å². The molecule has 0 aromatic carbocycles. The average Bonchev–Trinajstić information content (AvgIpc) is 2.52. The molecule has 24 heavy (non-hydrogen) atoms. The van der Waals surface area contributed by atoms with Crippen molar-refractivity contribution in [3.8, 4) is 0 Å². The van der Waals surface area contributed by atoms with Crippen LogP contribution in [0.5, 0.6) is 0 Å². The van der Waals surface area contributed by atoms with E-state index < -0.39 is 18.4 Å². The molecular weight excluding hydrogens is 312 g/mol. The number of hydrogen-bond acceptors (Lipinski definition) is 7. The van der Waals surface area contributed by atoms with E-state index in [-0.39, 0.29) is 12.6 Å². The lowest BCUT2D eigenvalue weighted by molar-refractivity contribution is 0.00227. The van der Waals surface area contributed by atoms with Crippen LogP contribution in [0.25, 0.3) is 0 Å². The molecule has 7 heteroatoms. The van der Waals surface area contributed by atoms with Crippen molar-refractivity contribution in [2.75, 3.05) is 39.5 Å². The summed E-state index contributed by atoms with van der Waals surface area (Å²) in [5.41, 5.74) is 0. The predicted octanol–water partition coefficient (Wildman–Crippen LogP) is 0.0836. The molecule has 0 rings (SSSR count). The molecule has 0 aromatic heterocycles. The summed E-state index contributed by atoms with van der Waals surface area (Å²) in [7, 11) is 0. The highest BCUT2D eigenvalue weighted by atomic mass is 16.5. The van der Waals surface area contributed by atoms with Gasteiger partial charge < -0.3 is 30.1 Å². The summed E-state index contributed by atoms with van der Waals surface area (Å²) in [5, 5.41) is 35.3. The van der Waals surface area contributed by atoms with Gasteiger partial charge in [0.05, 0.1) is 32.0 Å². The van der Waals surface area contributed by atoms with Crippen LogP contribution < -0.4 is 10.6 Å². The summed E-state index contributed by atoms with van der Waals surface area (Å²) in [6, 6.07) is 0.0593. The van der Waals surface area contributed by atoms with Crippen LogP contribution in [0.1, 0.15) is 40.5 Å². The van der Waals surface area contributed by atoms with Crippen molar-refractivity contribution in [2.24, 2.45) is 5.92 Å². The summed E-state index contributed by atoms with van der Waals surface area (Å²) in [4.78, 5) is 0. The van der Waals surface area contributed by atoms with Crippen LogP contribution in [0.2, 0.25) is 0 Å². The van der Waals surface area contributed by atoms with E-state index in [0.717, 1.165) is 13.0 Å². The Labute approximate surface area is 146 Å². The van der Waals surface area contributed by atoms with Crippen molar-refractivity contribution in [1.29, 1.82) is 0 Å². The Morgan fingerprint density at radius 2 is 1.54 bits per heavy atom. The normalized spacial score (nSPS) is 17.0. The first-order chi connectivity index (χ1) is 11.4. The molecule has 0 radical (unpaired) electrons. The maximum atomic E-state index is 9.96. The van der Waals surface area contributed by atoms with Gasteiger partial charge in [-0.15, -0.1) is 0 Å². The van der Waals surface area contributed by atoms with Gasteiger partial charge in [0.2, 0.25) is 0 Å². The fraction of sp³-hybridized carbons (Fsp3) is 1.00. The number of aliphatic hydroxyl groups excluding tert-OH is 3. The molecule has 0 aromatic rings. The van der Waals surface area contributed by atoms with Crippen LogP contribution in [0, 0.1) is 5.92 Å².